The summed E-state index contributed by atoms with van der Waals surface area (Å²) in [6.45, 7) is 9.05. The number of morpholine rings is 1. The Bertz CT molecular complexity index is 801. The molecule has 29 heavy (non-hydrogen) atoms. The summed E-state index contributed by atoms with van der Waals surface area (Å²) < 4.78 is 32.8. The first-order chi connectivity index (χ1) is 13.9. The molecule has 2 heterocycles. The summed E-state index contributed by atoms with van der Waals surface area (Å²) in [5.41, 5.74) is 1.19. The summed E-state index contributed by atoms with van der Waals surface area (Å²) in [6, 6.07) is 4.82. The zero-order valence-corrected chi connectivity index (χ0v) is 18.2. The Kier molecular flexibility index (Phi) is 7.64. The van der Waals surface area contributed by atoms with Gasteiger partial charge in [-0.2, -0.15) is 4.31 Å². The minimum absolute atomic E-state index is 0.186. The molecule has 8 nitrogen and oxygen atoms in total. The van der Waals surface area contributed by atoms with Crippen LogP contribution in [0.1, 0.15) is 22.3 Å². The molecule has 0 radical (unpaired) electrons. The Morgan fingerprint density at radius 3 is 2.48 bits per heavy atom. The zero-order valence-electron chi connectivity index (χ0n) is 17.4. The van der Waals surface area contributed by atoms with Crippen LogP contribution in [0.5, 0.6) is 0 Å². The molecule has 0 saturated carbocycles. The van der Waals surface area contributed by atoms with Gasteiger partial charge in [-0.3, -0.25) is 9.69 Å². The topological polar surface area (TPSA) is 82.2 Å². The van der Waals surface area contributed by atoms with Gasteiger partial charge in [0.1, 0.15) is 0 Å². The molecule has 1 aromatic carbocycles. The molecule has 0 bridgehead atoms. The highest BCUT2D eigenvalue weighted by Crippen LogP contribution is 2.21. The highest BCUT2D eigenvalue weighted by Gasteiger charge is 2.28. The van der Waals surface area contributed by atoms with Crippen LogP contribution in [0.15, 0.2) is 23.1 Å². The molecular formula is C20H32N4O4S. The van der Waals surface area contributed by atoms with Crippen molar-refractivity contribution >= 4 is 15.9 Å². The molecule has 2 aliphatic heterocycles. The van der Waals surface area contributed by atoms with Crippen LogP contribution < -0.4 is 5.32 Å². The number of hydrogen-bond donors (Lipinski definition) is 1. The van der Waals surface area contributed by atoms with Crippen LogP contribution >= 0.6 is 0 Å². The van der Waals surface area contributed by atoms with Gasteiger partial charge in [0.25, 0.3) is 5.91 Å². The molecule has 2 aliphatic rings. The standard InChI is InChI=1S/C20H32N4O4S/c1-17-4-5-18(29(26,27)24-10-8-22(2)9-11-24)16-19(17)20(25)21-6-3-7-23-12-14-28-15-13-23/h4-5,16H,3,6-15H2,1-2H3,(H,21,25). The van der Waals surface area contributed by atoms with Gasteiger partial charge in [-0.25, -0.2) is 8.42 Å². The van der Waals surface area contributed by atoms with Crippen LogP contribution in [0.3, 0.4) is 0 Å². The summed E-state index contributed by atoms with van der Waals surface area (Å²) in [4.78, 5) is 17.3. The van der Waals surface area contributed by atoms with E-state index in [4.69, 9.17) is 4.74 Å². The molecule has 3 rings (SSSR count). The number of hydrogen-bond acceptors (Lipinski definition) is 6. The van der Waals surface area contributed by atoms with E-state index in [-0.39, 0.29) is 10.8 Å². The number of carbonyl (C=O) groups is 1. The normalized spacial score (nSPS) is 19.9. The van der Waals surface area contributed by atoms with Crippen LogP contribution in [0.25, 0.3) is 0 Å². The number of benzene rings is 1. The van der Waals surface area contributed by atoms with Crippen LogP contribution in [0.2, 0.25) is 0 Å². The van der Waals surface area contributed by atoms with Gasteiger partial charge in [0.15, 0.2) is 0 Å². The first-order valence-electron chi connectivity index (χ1n) is 10.3. The SMILES string of the molecule is Cc1ccc(S(=O)(=O)N2CCN(C)CC2)cc1C(=O)NCCCN1CCOCC1. The number of carbonyl (C=O) groups excluding carboxylic acids is 1. The Morgan fingerprint density at radius 2 is 1.79 bits per heavy atom. The molecule has 0 unspecified atom stereocenters. The molecule has 0 aliphatic carbocycles. The van der Waals surface area contributed by atoms with Crippen molar-refractivity contribution in [2.24, 2.45) is 0 Å². The molecule has 0 atom stereocenters. The minimum atomic E-state index is -3.59. The van der Waals surface area contributed by atoms with Crippen molar-refractivity contribution in [1.29, 1.82) is 0 Å². The van der Waals surface area contributed by atoms with Crippen LogP contribution in [-0.4, -0.2) is 101 Å². The van der Waals surface area contributed by atoms with Crippen molar-refractivity contribution in [2.75, 3.05) is 72.6 Å². The number of aryl methyl sites for hydroxylation is 1. The van der Waals surface area contributed by atoms with Gasteiger partial charge >= 0.3 is 0 Å². The largest absolute Gasteiger partial charge is 0.379 e. The average Bonchev–Trinajstić information content (AvgIpc) is 2.72. The van der Waals surface area contributed by atoms with E-state index in [1.54, 1.807) is 12.1 Å². The van der Waals surface area contributed by atoms with E-state index in [1.165, 1.54) is 10.4 Å². The van der Waals surface area contributed by atoms with E-state index in [9.17, 15) is 13.2 Å². The average molecular weight is 425 g/mol. The second-order valence-electron chi connectivity index (χ2n) is 7.75. The van der Waals surface area contributed by atoms with Crippen molar-refractivity contribution in [3.8, 4) is 0 Å². The molecular weight excluding hydrogens is 392 g/mol. The monoisotopic (exact) mass is 424 g/mol. The second-order valence-corrected chi connectivity index (χ2v) is 9.69. The highest BCUT2D eigenvalue weighted by molar-refractivity contribution is 7.89. The number of amides is 1. The van der Waals surface area contributed by atoms with Gasteiger partial charge in [0, 0.05) is 51.4 Å². The fourth-order valence-corrected chi connectivity index (χ4v) is 5.06. The molecule has 1 N–H and O–H groups in total. The van der Waals surface area contributed by atoms with E-state index in [2.05, 4.69) is 15.1 Å². The molecule has 0 spiro atoms. The Labute approximate surface area is 173 Å². The van der Waals surface area contributed by atoms with E-state index in [0.717, 1.165) is 44.8 Å². The van der Waals surface area contributed by atoms with Crippen LogP contribution in [0, 0.1) is 6.92 Å². The number of sulfonamides is 1. The van der Waals surface area contributed by atoms with E-state index >= 15 is 0 Å². The number of nitrogens with zero attached hydrogens (tertiary/aromatic N) is 3. The summed E-state index contributed by atoms with van der Waals surface area (Å²) in [5.74, 6) is -0.222. The lowest BCUT2D eigenvalue weighted by atomic mass is 10.1. The first-order valence-corrected chi connectivity index (χ1v) is 11.7. The van der Waals surface area contributed by atoms with Gasteiger partial charge in [-0.1, -0.05) is 6.07 Å². The number of rotatable bonds is 7. The third-order valence-corrected chi connectivity index (χ3v) is 7.49. The van der Waals surface area contributed by atoms with Gasteiger partial charge in [0.05, 0.1) is 18.1 Å². The first kappa shape index (κ1) is 22.2. The van der Waals surface area contributed by atoms with Gasteiger partial charge in [0.2, 0.25) is 10.0 Å². The molecule has 9 heteroatoms. The number of ether oxygens (including phenoxy) is 1. The van der Waals surface area contributed by atoms with Crippen LogP contribution in [0.4, 0.5) is 0 Å². The lowest BCUT2D eigenvalue weighted by molar-refractivity contribution is 0.0374. The third-order valence-electron chi connectivity index (χ3n) is 5.59. The zero-order chi connectivity index (χ0) is 20.9. The lowest BCUT2D eigenvalue weighted by Crippen LogP contribution is -2.47. The Hall–Kier alpha value is -1.52. The summed E-state index contributed by atoms with van der Waals surface area (Å²) in [7, 11) is -1.61. The predicted molar refractivity (Wildman–Crippen MR) is 112 cm³/mol. The van der Waals surface area contributed by atoms with Crippen molar-refractivity contribution in [2.45, 2.75) is 18.2 Å². The maximum atomic E-state index is 13.0. The van der Waals surface area contributed by atoms with Crippen molar-refractivity contribution < 1.29 is 17.9 Å². The van der Waals surface area contributed by atoms with Crippen molar-refractivity contribution in [1.82, 2.24) is 19.4 Å². The van der Waals surface area contributed by atoms with Crippen LogP contribution in [-0.2, 0) is 14.8 Å². The van der Waals surface area contributed by atoms with Gasteiger partial charge in [-0.15, -0.1) is 0 Å². The molecule has 1 aromatic rings. The molecule has 2 fully saturated rings. The highest BCUT2D eigenvalue weighted by atomic mass is 32.2. The number of likely N-dealkylation sites (N-methyl/N-ethyl adjacent to an activating group) is 1. The van der Waals surface area contributed by atoms with Gasteiger partial charge < -0.3 is 15.0 Å². The Balaban J connectivity index is 1.59. The third kappa shape index (κ3) is 5.76. The quantitative estimate of drug-likeness (QED) is 0.638. The smallest absolute Gasteiger partial charge is 0.251 e. The van der Waals surface area contributed by atoms with Crippen molar-refractivity contribution in [3.63, 3.8) is 0 Å². The molecule has 1 amide bonds. The maximum Gasteiger partial charge on any atom is 0.251 e. The summed E-state index contributed by atoms with van der Waals surface area (Å²) in [6.07, 6.45) is 0.851. The minimum Gasteiger partial charge on any atom is -0.379 e. The second kappa shape index (κ2) is 9.99. The fraction of sp³-hybridized carbons (Fsp3) is 0.650. The number of piperazine rings is 1. The van der Waals surface area contributed by atoms with Gasteiger partial charge in [-0.05, 0) is 44.6 Å². The summed E-state index contributed by atoms with van der Waals surface area (Å²) >= 11 is 0. The maximum absolute atomic E-state index is 13.0. The fourth-order valence-electron chi connectivity index (χ4n) is 3.61. The van der Waals surface area contributed by atoms with E-state index < -0.39 is 10.0 Å². The summed E-state index contributed by atoms with van der Waals surface area (Å²) in [5, 5.41) is 2.93. The van der Waals surface area contributed by atoms with Crippen molar-refractivity contribution in [3.05, 3.63) is 29.3 Å². The number of nitrogens with one attached hydrogen (secondary N) is 1. The molecule has 2 saturated heterocycles. The van der Waals surface area contributed by atoms with E-state index in [0.29, 0.717) is 38.3 Å². The predicted octanol–water partition coefficient (Wildman–Crippen LogP) is 0.383. The molecule has 0 aromatic heterocycles. The lowest BCUT2D eigenvalue weighted by Gasteiger charge is -2.31. The van der Waals surface area contributed by atoms with E-state index in [1.807, 2.05) is 14.0 Å². The Morgan fingerprint density at radius 1 is 1.10 bits per heavy atom. The molecule has 162 valence electrons.